The molecule has 4 rings (SSSR count). The molecular weight excluding hydrogens is 404 g/mol. The minimum atomic E-state index is -0.473. The van der Waals surface area contributed by atoms with Crippen molar-refractivity contribution in [2.24, 2.45) is 10.9 Å². The third kappa shape index (κ3) is 3.83. The number of amides is 2. The lowest BCUT2D eigenvalue weighted by atomic mass is 9.76. The molecule has 2 unspecified atom stereocenters. The topological polar surface area (TPSA) is 124 Å². The molecule has 3 heterocycles. The first-order valence-corrected chi connectivity index (χ1v) is 10.7. The van der Waals surface area contributed by atoms with Gasteiger partial charge in [-0.1, -0.05) is 6.07 Å². The number of H-pyrrole nitrogens is 1. The quantitative estimate of drug-likeness (QED) is 0.774. The highest BCUT2D eigenvalue weighted by Gasteiger charge is 2.34. The Balaban J connectivity index is 1.61. The van der Waals surface area contributed by atoms with Gasteiger partial charge in [-0.2, -0.15) is 15.6 Å². The molecule has 0 aliphatic carbocycles. The van der Waals surface area contributed by atoms with Crippen molar-refractivity contribution >= 4 is 22.6 Å². The first kappa shape index (κ1) is 21.5. The molecule has 0 spiro atoms. The van der Waals surface area contributed by atoms with E-state index >= 15 is 0 Å². The summed E-state index contributed by atoms with van der Waals surface area (Å²) >= 11 is 0. The molecule has 0 radical (unpaired) electrons. The Hall–Kier alpha value is -3.69. The summed E-state index contributed by atoms with van der Waals surface area (Å²) in [6.07, 6.45) is 0. The fourth-order valence-electron chi connectivity index (χ4n) is 4.59. The van der Waals surface area contributed by atoms with Crippen LogP contribution < -0.4 is 5.32 Å². The molecule has 1 saturated heterocycles. The standard InChI is InChI=1S/C23H26N8O/c1-14-18(11-24)22(19(12-25)15(2)27-14)16-4-5-20-17(10-16)21(29-28-20)13-30-6-8-31(9-7-30)23(32)26-3/h4-5,10,18,22H,6-9,13H2,1-3H3,(H,26,32)(H,28,29). The number of hydrogen-bond acceptors (Lipinski definition) is 6. The average Bonchev–Trinajstić information content (AvgIpc) is 3.20. The van der Waals surface area contributed by atoms with Gasteiger partial charge in [0.1, 0.15) is 0 Å². The van der Waals surface area contributed by atoms with Crippen LogP contribution in [0.4, 0.5) is 4.79 Å². The van der Waals surface area contributed by atoms with Gasteiger partial charge in [-0.15, -0.1) is 0 Å². The van der Waals surface area contributed by atoms with Gasteiger partial charge in [-0.05, 0) is 31.5 Å². The van der Waals surface area contributed by atoms with Gasteiger partial charge in [0, 0.05) is 56.8 Å². The molecular formula is C23H26N8O. The number of urea groups is 1. The molecule has 2 aromatic rings. The van der Waals surface area contributed by atoms with E-state index in [0.29, 0.717) is 30.9 Å². The summed E-state index contributed by atoms with van der Waals surface area (Å²) in [5.41, 5.74) is 4.70. The molecule has 9 heteroatoms. The molecule has 9 nitrogen and oxygen atoms in total. The highest BCUT2D eigenvalue weighted by atomic mass is 16.2. The Morgan fingerprint density at radius 3 is 2.66 bits per heavy atom. The van der Waals surface area contributed by atoms with Crippen molar-refractivity contribution in [1.29, 1.82) is 10.5 Å². The van der Waals surface area contributed by atoms with Gasteiger partial charge in [-0.3, -0.25) is 15.0 Å². The predicted molar refractivity (Wildman–Crippen MR) is 121 cm³/mol. The van der Waals surface area contributed by atoms with Crippen LogP contribution in [-0.2, 0) is 6.54 Å². The van der Waals surface area contributed by atoms with E-state index in [1.807, 2.05) is 36.9 Å². The van der Waals surface area contributed by atoms with E-state index in [1.165, 1.54) is 0 Å². The molecule has 1 aromatic heterocycles. The Kier molecular flexibility index (Phi) is 5.93. The van der Waals surface area contributed by atoms with E-state index in [0.717, 1.165) is 41.0 Å². The van der Waals surface area contributed by atoms with Crippen molar-refractivity contribution in [3.05, 3.63) is 40.7 Å². The Morgan fingerprint density at radius 2 is 2.00 bits per heavy atom. The molecule has 1 aromatic carbocycles. The van der Waals surface area contributed by atoms with Crippen molar-refractivity contribution in [3.63, 3.8) is 0 Å². The lowest BCUT2D eigenvalue weighted by Crippen LogP contribution is -2.50. The number of nitriles is 2. The van der Waals surface area contributed by atoms with Crippen LogP contribution in [0.3, 0.4) is 0 Å². The van der Waals surface area contributed by atoms with Crippen molar-refractivity contribution < 1.29 is 4.79 Å². The molecule has 2 N–H and O–H groups in total. The number of allylic oxidation sites excluding steroid dienone is 2. The molecule has 0 bridgehead atoms. The van der Waals surface area contributed by atoms with E-state index in [-0.39, 0.29) is 11.9 Å². The molecule has 2 aliphatic heterocycles. The predicted octanol–water partition coefficient (Wildman–Crippen LogP) is 2.52. The third-order valence-electron chi connectivity index (χ3n) is 6.36. The van der Waals surface area contributed by atoms with Crippen LogP contribution in [0.1, 0.15) is 31.0 Å². The van der Waals surface area contributed by atoms with E-state index < -0.39 is 5.92 Å². The zero-order valence-electron chi connectivity index (χ0n) is 18.5. The number of aromatic nitrogens is 2. The minimum absolute atomic E-state index is 0.0451. The molecule has 2 aliphatic rings. The van der Waals surface area contributed by atoms with Gasteiger partial charge >= 0.3 is 6.03 Å². The van der Waals surface area contributed by atoms with Crippen LogP contribution in [0, 0.1) is 28.6 Å². The number of hydrogen-bond donors (Lipinski definition) is 2. The highest BCUT2D eigenvalue weighted by Crippen LogP contribution is 2.39. The van der Waals surface area contributed by atoms with E-state index in [2.05, 4.69) is 37.5 Å². The minimum Gasteiger partial charge on any atom is -0.341 e. The van der Waals surface area contributed by atoms with Crippen LogP contribution in [0.15, 0.2) is 34.5 Å². The number of nitrogens with one attached hydrogen (secondary N) is 2. The Labute approximate surface area is 187 Å². The summed E-state index contributed by atoms with van der Waals surface area (Å²) in [5.74, 6) is -0.815. The maximum atomic E-state index is 11.8. The lowest BCUT2D eigenvalue weighted by molar-refractivity contribution is 0.136. The first-order chi connectivity index (χ1) is 15.5. The SMILES string of the molecule is CNC(=O)N1CCN(Cc2[nH]nc3ccc(C4C(C#N)=C(C)N=C(C)C4C#N)cc23)CC1. The smallest absolute Gasteiger partial charge is 0.317 e. The maximum absolute atomic E-state index is 11.8. The first-order valence-electron chi connectivity index (χ1n) is 10.7. The van der Waals surface area contributed by atoms with Crippen LogP contribution in [0.5, 0.6) is 0 Å². The van der Waals surface area contributed by atoms with Crippen LogP contribution >= 0.6 is 0 Å². The number of fused-ring (bicyclic) bond motifs is 1. The molecule has 164 valence electrons. The number of aromatic amines is 1. The Morgan fingerprint density at radius 1 is 1.25 bits per heavy atom. The molecule has 32 heavy (non-hydrogen) atoms. The van der Waals surface area contributed by atoms with Gasteiger partial charge in [0.2, 0.25) is 0 Å². The summed E-state index contributed by atoms with van der Waals surface area (Å²) in [5, 5.41) is 30.8. The number of piperazine rings is 1. The zero-order valence-corrected chi connectivity index (χ0v) is 18.5. The monoisotopic (exact) mass is 430 g/mol. The van der Waals surface area contributed by atoms with Gasteiger partial charge < -0.3 is 10.2 Å². The van der Waals surface area contributed by atoms with Crippen LogP contribution in [0.25, 0.3) is 10.9 Å². The average molecular weight is 431 g/mol. The molecule has 0 saturated carbocycles. The number of aliphatic imine (C=N–C) groups is 1. The maximum Gasteiger partial charge on any atom is 0.317 e. The van der Waals surface area contributed by atoms with Gasteiger partial charge in [0.25, 0.3) is 0 Å². The third-order valence-corrected chi connectivity index (χ3v) is 6.36. The molecule has 2 atom stereocenters. The fourth-order valence-corrected chi connectivity index (χ4v) is 4.59. The number of carbonyl (C=O) groups is 1. The molecule has 2 amide bonds. The number of carbonyl (C=O) groups excluding carboxylic acids is 1. The summed E-state index contributed by atoms with van der Waals surface area (Å²) < 4.78 is 0. The number of rotatable bonds is 3. The van der Waals surface area contributed by atoms with Gasteiger partial charge in [0.15, 0.2) is 0 Å². The second-order valence-electron chi connectivity index (χ2n) is 8.25. The lowest BCUT2D eigenvalue weighted by Gasteiger charge is -2.34. The van der Waals surface area contributed by atoms with E-state index in [4.69, 9.17) is 0 Å². The summed E-state index contributed by atoms with van der Waals surface area (Å²) in [6, 6.07) is 10.5. The summed E-state index contributed by atoms with van der Waals surface area (Å²) in [7, 11) is 1.65. The summed E-state index contributed by atoms with van der Waals surface area (Å²) in [4.78, 5) is 20.4. The fraction of sp³-hybridized carbons (Fsp3) is 0.435. The normalized spacial score (nSPS) is 21.8. The number of nitrogens with zero attached hydrogens (tertiary/aromatic N) is 6. The van der Waals surface area contributed by atoms with Gasteiger partial charge in [0.05, 0.1) is 40.5 Å². The van der Waals surface area contributed by atoms with Crippen LogP contribution in [0.2, 0.25) is 0 Å². The molecule has 1 fully saturated rings. The second kappa shape index (κ2) is 8.81. The Bertz CT molecular complexity index is 1190. The van der Waals surface area contributed by atoms with Crippen molar-refractivity contribution in [1.82, 2.24) is 25.3 Å². The van der Waals surface area contributed by atoms with Crippen molar-refractivity contribution in [2.75, 3.05) is 33.2 Å². The largest absolute Gasteiger partial charge is 0.341 e. The summed E-state index contributed by atoms with van der Waals surface area (Å²) in [6.45, 7) is 7.27. The highest BCUT2D eigenvalue weighted by molar-refractivity contribution is 5.91. The van der Waals surface area contributed by atoms with E-state index in [9.17, 15) is 15.3 Å². The van der Waals surface area contributed by atoms with E-state index in [1.54, 1.807) is 7.05 Å². The number of benzene rings is 1. The van der Waals surface area contributed by atoms with Gasteiger partial charge in [-0.25, -0.2) is 4.79 Å². The second-order valence-corrected chi connectivity index (χ2v) is 8.25. The van der Waals surface area contributed by atoms with Crippen molar-refractivity contribution in [3.8, 4) is 12.1 Å². The van der Waals surface area contributed by atoms with Crippen LogP contribution in [-0.4, -0.2) is 65.0 Å². The zero-order chi connectivity index (χ0) is 22.8. The van der Waals surface area contributed by atoms with Crippen molar-refractivity contribution in [2.45, 2.75) is 26.3 Å².